The van der Waals surface area contributed by atoms with E-state index in [1.54, 1.807) is 30.3 Å². The highest BCUT2D eigenvalue weighted by atomic mass is 19.3. The number of para-hydroxylation sites is 2. The molecule has 3 aromatic rings. The van der Waals surface area contributed by atoms with Gasteiger partial charge in [0.25, 0.3) is 6.43 Å². The van der Waals surface area contributed by atoms with Crippen molar-refractivity contribution in [1.29, 1.82) is 0 Å². The molecule has 2 N–H and O–H groups in total. The number of benzene rings is 1. The van der Waals surface area contributed by atoms with E-state index in [1.807, 2.05) is 6.92 Å². The number of halogens is 2. The van der Waals surface area contributed by atoms with Gasteiger partial charge in [-0.2, -0.15) is 9.97 Å². The molecule has 1 aromatic carbocycles. The van der Waals surface area contributed by atoms with Gasteiger partial charge in [0, 0.05) is 31.7 Å². The quantitative estimate of drug-likeness (QED) is 0.409. The minimum atomic E-state index is -2.77. The average Bonchev–Trinajstić information content (AvgIpc) is 3.59. The van der Waals surface area contributed by atoms with Crippen LogP contribution in [0.3, 0.4) is 0 Å². The summed E-state index contributed by atoms with van der Waals surface area (Å²) in [6, 6.07) is 8.90. The number of ether oxygens (including phenoxy) is 1. The maximum absolute atomic E-state index is 14.1. The summed E-state index contributed by atoms with van der Waals surface area (Å²) >= 11 is 0. The lowest BCUT2D eigenvalue weighted by atomic mass is 9.82. The number of alkyl halides is 2. The van der Waals surface area contributed by atoms with Crippen molar-refractivity contribution in [2.24, 2.45) is 11.3 Å². The van der Waals surface area contributed by atoms with Gasteiger partial charge in [0.15, 0.2) is 5.82 Å². The molecular formula is C29H37F2N7O3. The van der Waals surface area contributed by atoms with Gasteiger partial charge >= 0.3 is 5.97 Å². The molecular weight excluding hydrogens is 532 g/mol. The van der Waals surface area contributed by atoms with Gasteiger partial charge < -0.3 is 20.1 Å². The largest absolute Gasteiger partial charge is 0.481 e. The highest BCUT2D eigenvalue weighted by Crippen LogP contribution is 2.42. The maximum Gasteiger partial charge on any atom is 0.310 e. The monoisotopic (exact) mass is 569 g/mol. The molecule has 1 saturated carbocycles. The molecule has 0 radical (unpaired) electrons. The van der Waals surface area contributed by atoms with Crippen LogP contribution in [-0.2, 0) is 9.53 Å². The molecule has 2 saturated heterocycles. The molecule has 0 amide bonds. The number of anilines is 2. The average molecular weight is 570 g/mol. The van der Waals surface area contributed by atoms with Gasteiger partial charge in [-0.1, -0.05) is 18.6 Å². The second-order valence-corrected chi connectivity index (χ2v) is 11.6. The lowest BCUT2D eigenvalue weighted by Crippen LogP contribution is -2.50. The Morgan fingerprint density at radius 2 is 1.83 bits per heavy atom. The number of fused-ring (bicyclic) bond motifs is 1. The molecule has 6 rings (SSSR count). The Labute approximate surface area is 237 Å². The van der Waals surface area contributed by atoms with E-state index in [1.165, 1.54) is 4.57 Å². The number of piperidine rings is 1. The number of hydrogen-bond acceptors (Lipinski definition) is 8. The standard InChI is InChI=1S/C29H37F2N7O3/c1-29(27(39)40)10-4-7-22(29)36-11-8-19(9-12-36)18-32-28-34-23(37-13-15-41-16-14-37)17-24(35-28)38-21-6-3-2-5-20(21)33-26(38)25(30)31/h2-3,5-6,17,19,22,25H,4,7-16,18H2,1H3,(H,39,40)(H,32,34,35). The number of carbonyl (C=O) groups is 1. The maximum atomic E-state index is 14.1. The number of aliphatic carboxylic acids is 1. The summed E-state index contributed by atoms with van der Waals surface area (Å²) in [5.41, 5.74) is 0.369. The van der Waals surface area contributed by atoms with Crippen molar-refractivity contribution >= 4 is 28.8 Å². The van der Waals surface area contributed by atoms with Crippen LogP contribution >= 0.6 is 0 Å². The van der Waals surface area contributed by atoms with Crippen molar-refractivity contribution < 1.29 is 23.4 Å². The van der Waals surface area contributed by atoms with Gasteiger partial charge in [0.05, 0.1) is 29.7 Å². The number of nitrogens with zero attached hydrogens (tertiary/aromatic N) is 6. The van der Waals surface area contributed by atoms with Gasteiger partial charge in [-0.25, -0.2) is 13.8 Å². The first kappa shape index (κ1) is 27.8. The van der Waals surface area contributed by atoms with Crippen LogP contribution < -0.4 is 10.2 Å². The second kappa shape index (κ2) is 11.5. The number of nitrogens with one attached hydrogen (secondary N) is 1. The third kappa shape index (κ3) is 5.46. The van der Waals surface area contributed by atoms with Crippen LogP contribution in [0.2, 0.25) is 0 Å². The summed E-state index contributed by atoms with van der Waals surface area (Å²) in [6.07, 6.45) is 1.72. The molecule has 41 heavy (non-hydrogen) atoms. The van der Waals surface area contributed by atoms with Crippen LogP contribution in [0, 0.1) is 11.3 Å². The van der Waals surface area contributed by atoms with Crippen molar-refractivity contribution in [1.82, 2.24) is 24.4 Å². The zero-order valence-electron chi connectivity index (χ0n) is 23.3. The number of carboxylic acids is 1. The number of imidazole rings is 1. The van der Waals surface area contributed by atoms with E-state index in [0.29, 0.717) is 67.4 Å². The second-order valence-electron chi connectivity index (χ2n) is 11.6. The number of likely N-dealkylation sites (tertiary alicyclic amines) is 1. The predicted octanol–water partition coefficient (Wildman–Crippen LogP) is 4.36. The Morgan fingerprint density at radius 3 is 2.56 bits per heavy atom. The van der Waals surface area contributed by atoms with Crippen LogP contribution in [0.1, 0.15) is 51.3 Å². The number of aromatic nitrogens is 4. The molecule has 2 unspecified atom stereocenters. The number of rotatable bonds is 8. The third-order valence-electron chi connectivity index (χ3n) is 9.08. The number of hydrogen-bond donors (Lipinski definition) is 2. The first-order valence-corrected chi connectivity index (χ1v) is 14.5. The summed E-state index contributed by atoms with van der Waals surface area (Å²) in [7, 11) is 0. The van der Waals surface area contributed by atoms with Crippen molar-refractivity contribution in [3.63, 3.8) is 0 Å². The summed E-state index contributed by atoms with van der Waals surface area (Å²) in [5, 5.41) is 13.2. The van der Waals surface area contributed by atoms with Crippen LogP contribution in [0.25, 0.3) is 16.9 Å². The molecule has 0 spiro atoms. The predicted molar refractivity (Wildman–Crippen MR) is 151 cm³/mol. The minimum absolute atomic E-state index is 0.0824. The fourth-order valence-corrected chi connectivity index (χ4v) is 6.69. The van der Waals surface area contributed by atoms with E-state index >= 15 is 0 Å². The van der Waals surface area contributed by atoms with Crippen LogP contribution in [0.5, 0.6) is 0 Å². The normalized spacial score (nSPS) is 24.4. The van der Waals surface area contributed by atoms with E-state index in [-0.39, 0.29) is 11.9 Å². The summed E-state index contributed by atoms with van der Waals surface area (Å²) < 4.78 is 35.2. The third-order valence-corrected chi connectivity index (χ3v) is 9.08. The van der Waals surface area contributed by atoms with Crippen molar-refractivity contribution in [3.8, 4) is 5.82 Å². The van der Waals surface area contributed by atoms with E-state index in [4.69, 9.17) is 14.7 Å². The van der Waals surface area contributed by atoms with Crippen molar-refractivity contribution in [2.45, 2.75) is 51.5 Å². The van der Waals surface area contributed by atoms with E-state index in [0.717, 1.165) is 45.2 Å². The van der Waals surface area contributed by atoms with E-state index < -0.39 is 17.8 Å². The Kier molecular flexibility index (Phi) is 7.78. The van der Waals surface area contributed by atoms with Crippen molar-refractivity contribution in [3.05, 3.63) is 36.2 Å². The molecule has 2 aliphatic heterocycles. The fourth-order valence-electron chi connectivity index (χ4n) is 6.69. The Balaban J connectivity index is 1.22. The van der Waals surface area contributed by atoms with Crippen LogP contribution in [0.15, 0.2) is 30.3 Å². The topological polar surface area (TPSA) is 109 Å². The lowest BCUT2D eigenvalue weighted by molar-refractivity contribution is -0.151. The lowest BCUT2D eigenvalue weighted by Gasteiger charge is -2.41. The van der Waals surface area contributed by atoms with Gasteiger partial charge in [-0.15, -0.1) is 0 Å². The Bertz CT molecular complexity index is 1390. The number of carboxylic acid groups (broad SMARTS) is 1. The minimum Gasteiger partial charge on any atom is -0.481 e. The number of morpholine rings is 1. The zero-order chi connectivity index (χ0) is 28.6. The molecule has 3 fully saturated rings. The molecule has 2 aromatic heterocycles. The summed E-state index contributed by atoms with van der Waals surface area (Å²) in [6.45, 7) is 6.69. The zero-order valence-corrected chi connectivity index (χ0v) is 23.3. The van der Waals surface area contributed by atoms with Gasteiger partial charge in [-0.3, -0.25) is 14.3 Å². The fraction of sp³-hybridized carbons (Fsp3) is 0.586. The molecule has 220 valence electrons. The SMILES string of the molecule is CC1(C(=O)O)CCCC1N1CCC(CNc2nc(N3CCOCC3)cc(-n3c(C(F)F)nc4ccccc43)n2)CC1. The molecule has 10 nitrogen and oxygen atoms in total. The van der Waals surface area contributed by atoms with Gasteiger partial charge in [0.2, 0.25) is 5.95 Å². The molecule has 2 atom stereocenters. The van der Waals surface area contributed by atoms with Crippen LogP contribution in [0.4, 0.5) is 20.5 Å². The highest BCUT2D eigenvalue weighted by Gasteiger charge is 2.48. The first-order chi connectivity index (χ1) is 19.8. The van der Waals surface area contributed by atoms with Gasteiger partial charge in [0.1, 0.15) is 11.6 Å². The molecule has 3 aliphatic rings. The molecule has 4 heterocycles. The molecule has 1 aliphatic carbocycles. The smallest absolute Gasteiger partial charge is 0.310 e. The summed E-state index contributed by atoms with van der Waals surface area (Å²) in [5.74, 6) is 0.709. The molecule has 0 bridgehead atoms. The van der Waals surface area contributed by atoms with Crippen LogP contribution in [-0.4, -0.2) is 87.5 Å². The van der Waals surface area contributed by atoms with Gasteiger partial charge in [-0.05, 0) is 63.7 Å². The summed E-state index contributed by atoms with van der Waals surface area (Å²) in [4.78, 5) is 30.1. The molecule has 12 heteroatoms. The highest BCUT2D eigenvalue weighted by molar-refractivity contribution is 5.78. The first-order valence-electron chi connectivity index (χ1n) is 14.5. The Hall–Kier alpha value is -3.38. The van der Waals surface area contributed by atoms with E-state index in [9.17, 15) is 18.7 Å². The van der Waals surface area contributed by atoms with E-state index in [2.05, 4.69) is 20.1 Å². The van der Waals surface area contributed by atoms with Crippen molar-refractivity contribution in [2.75, 3.05) is 56.2 Å². The Morgan fingerprint density at radius 1 is 1.10 bits per heavy atom.